The van der Waals surface area contributed by atoms with Gasteiger partial charge in [-0.05, 0) is 67.4 Å². The number of fused-ring (bicyclic) bond motifs is 1. The fourth-order valence-corrected chi connectivity index (χ4v) is 6.08. The third-order valence-corrected chi connectivity index (χ3v) is 9.27. The SMILES string of the molecule is Cc1ccc(S(=O)(=O)Nc2ccc(C(=O)N3CCc4cc(S(=O)(=O)N(C)C)ccc43)cc2Cl)cc1. The monoisotopic (exact) mass is 533 g/mol. The number of nitrogens with zero attached hydrogens (tertiary/aromatic N) is 2. The number of carbonyl (C=O) groups is 1. The van der Waals surface area contributed by atoms with Crippen molar-refractivity contribution in [3.05, 3.63) is 82.4 Å². The molecule has 1 heterocycles. The van der Waals surface area contributed by atoms with Gasteiger partial charge in [0.15, 0.2) is 0 Å². The normalized spacial score (nSPS) is 13.7. The van der Waals surface area contributed by atoms with E-state index in [4.69, 9.17) is 11.6 Å². The second-order valence-corrected chi connectivity index (χ2v) is 12.6. The van der Waals surface area contributed by atoms with Crippen molar-refractivity contribution in [3.8, 4) is 0 Å². The summed E-state index contributed by atoms with van der Waals surface area (Å²) in [4.78, 5) is 15.0. The fourth-order valence-electron chi connectivity index (χ4n) is 3.77. The Labute approximate surface area is 210 Å². The molecule has 3 aromatic rings. The Morgan fingerprint density at radius 2 is 1.60 bits per heavy atom. The van der Waals surface area contributed by atoms with Crippen LogP contribution < -0.4 is 9.62 Å². The van der Waals surface area contributed by atoms with Crippen LogP contribution in [0.25, 0.3) is 0 Å². The summed E-state index contributed by atoms with van der Waals surface area (Å²) in [5.74, 6) is -0.318. The zero-order valence-corrected chi connectivity index (χ0v) is 21.7. The van der Waals surface area contributed by atoms with E-state index in [1.807, 2.05) is 6.92 Å². The van der Waals surface area contributed by atoms with Gasteiger partial charge in [0.2, 0.25) is 10.0 Å². The van der Waals surface area contributed by atoms with Gasteiger partial charge in [-0.25, -0.2) is 21.1 Å². The first-order valence-electron chi connectivity index (χ1n) is 10.7. The van der Waals surface area contributed by atoms with E-state index < -0.39 is 20.0 Å². The molecule has 35 heavy (non-hydrogen) atoms. The van der Waals surface area contributed by atoms with E-state index in [1.165, 1.54) is 50.5 Å². The highest BCUT2D eigenvalue weighted by Gasteiger charge is 2.28. The molecule has 0 unspecified atom stereocenters. The lowest BCUT2D eigenvalue weighted by Gasteiger charge is -2.19. The Bertz CT molecular complexity index is 1520. The van der Waals surface area contributed by atoms with Gasteiger partial charge in [-0.1, -0.05) is 29.3 Å². The number of carbonyl (C=O) groups excluding carboxylic acids is 1. The molecule has 0 aliphatic carbocycles. The maximum atomic E-state index is 13.2. The summed E-state index contributed by atoms with van der Waals surface area (Å²) in [6, 6.07) is 15.5. The second kappa shape index (κ2) is 9.27. The zero-order chi connectivity index (χ0) is 25.5. The van der Waals surface area contributed by atoms with Crippen LogP contribution in [0.5, 0.6) is 0 Å². The minimum atomic E-state index is -3.85. The van der Waals surface area contributed by atoms with Gasteiger partial charge < -0.3 is 4.90 Å². The highest BCUT2D eigenvalue weighted by atomic mass is 35.5. The van der Waals surface area contributed by atoms with E-state index in [1.54, 1.807) is 29.2 Å². The first kappa shape index (κ1) is 25.2. The summed E-state index contributed by atoms with van der Waals surface area (Å²) in [6.07, 6.45) is 0.514. The summed E-state index contributed by atoms with van der Waals surface area (Å²) in [7, 11) is -4.50. The quantitative estimate of drug-likeness (QED) is 0.517. The predicted molar refractivity (Wildman–Crippen MR) is 136 cm³/mol. The standard InChI is InChI=1S/C24H24ClN3O5S2/c1-16-4-7-19(8-5-16)34(30,31)26-22-10-6-18(15-21(22)25)24(29)28-13-12-17-14-20(9-11-23(17)28)35(32,33)27(2)3/h4-11,14-15,26H,12-13H2,1-3H3. The molecule has 0 atom stereocenters. The van der Waals surface area contributed by atoms with Crippen LogP contribution in [-0.4, -0.2) is 47.7 Å². The average molecular weight is 534 g/mol. The summed E-state index contributed by atoms with van der Waals surface area (Å²) in [6.45, 7) is 2.25. The molecule has 3 aromatic carbocycles. The van der Waals surface area contributed by atoms with Crippen LogP contribution in [0.2, 0.25) is 5.02 Å². The van der Waals surface area contributed by atoms with Gasteiger partial charge in [-0.2, -0.15) is 0 Å². The third-order valence-electron chi connectivity index (χ3n) is 5.76. The lowest BCUT2D eigenvalue weighted by atomic mass is 10.1. The Morgan fingerprint density at radius 3 is 2.23 bits per heavy atom. The minimum Gasteiger partial charge on any atom is -0.308 e. The van der Waals surface area contributed by atoms with E-state index in [0.717, 1.165) is 15.4 Å². The number of hydrogen-bond acceptors (Lipinski definition) is 5. The lowest BCUT2D eigenvalue weighted by Crippen LogP contribution is -2.29. The van der Waals surface area contributed by atoms with E-state index in [2.05, 4.69) is 4.72 Å². The average Bonchev–Trinajstić information content (AvgIpc) is 3.23. The highest BCUT2D eigenvalue weighted by Crippen LogP contribution is 2.33. The second-order valence-electron chi connectivity index (χ2n) is 8.40. The fraction of sp³-hybridized carbons (Fsp3) is 0.208. The van der Waals surface area contributed by atoms with Gasteiger partial charge >= 0.3 is 0 Å². The van der Waals surface area contributed by atoms with Crippen molar-refractivity contribution in [3.63, 3.8) is 0 Å². The molecule has 1 aliphatic rings. The molecule has 1 aliphatic heterocycles. The Hall–Kier alpha value is -2.92. The number of nitrogens with one attached hydrogen (secondary N) is 1. The molecule has 0 radical (unpaired) electrons. The smallest absolute Gasteiger partial charge is 0.261 e. The molecule has 0 fully saturated rings. The van der Waals surface area contributed by atoms with E-state index >= 15 is 0 Å². The van der Waals surface area contributed by atoms with Crippen LogP contribution in [0.4, 0.5) is 11.4 Å². The molecular weight excluding hydrogens is 510 g/mol. The van der Waals surface area contributed by atoms with Gasteiger partial charge in [0.1, 0.15) is 0 Å². The lowest BCUT2D eigenvalue weighted by molar-refractivity contribution is 0.0989. The van der Waals surface area contributed by atoms with Gasteiger partial charge in [0.05, 0.1) is 20.5 Å². The number of benzene rings is 3. The molecule has 8 nitrogen and oxygen atoms in total. The maximum Gasteiger partial charge on any atom is 0.261 e. The number of hydrogen-bond donors (Lipinski definition) is 1. The van der Waals surface area contributed by atoms with Crippen LogP contribution >= 0.6 is 11.6 Å². The molecule has 1 amide bonds. The largest absolute Gasteiger partial charge is 0.308 e. The Morgan fingerprint density at radius 1 is 0.943 bits per heavy atom. The predicted octanol–water partition coefficient (Wildman–Crippen LogP) is 3.90. The number of aryl methyl sites for hydroxylation is 1. The molecular formula is C24H24ClN3O5S2. The molecule has 11 heteroatoms. The van der Waals surface area contributed by atoms with Gasteiger partial charge in [0.25, 0.3) is 15.9 Å². The maximum absolute atomic E-state index is 13.2. The van der Waals surface area contributed by atoms with Crippen LogP contribution in [0.3, 0.4) is 0 Å². The van der Waals surface area contributed by atoms with Crippen molar-refractivity contribution in [1.29, 1.82) is 0 Å². The summed E-state index contributed by atoms with van der Waals surface area (Å²) in [5.41, 5.74) is 2.77. The van der Waals surface area contributed by atoms with E-state index in [9.17, 15) is 21.6 Å². The van der Waals surface area contributed by atoms with Crippen molar-refractivity contribution in [2.45, 2.75) is 23.1 Å². The van der Waals surface area contributed by atoms with Gasteiger partial charge in [-0.15, -0.1) is 0 Å². The third kappa shape index (κ3) is 4.92. The topological polar surface area (TPSA) is 104 Å². The number of amides is 1. The number of anilines is 2. The molecule has 1 N–H and O–H groups in total. The van der Waals surface area contributed by atoms with E-state index in [0.29, 0.717) is 18.7 Å². The molecule has 4 rings (SSSR count). The number of rotatable bonds is 6. The zero-order valence-electron chi connectivity index (χ0n) is 19.3. The van der Waals surface area contributed by atoms with Crippen LogP contribution in [0.1, 0.15) is 21.5 Å². The van der Waals surface area contributed by atoms with Gasteiger partial charge in [0, 0.05) is 31.9 Å². The van der Waals surface area contributed by atoms with E-state index in [-0.39, 0.29) is 32.0 Å². The summed E-state index contributed by atoms with van der Waals surface area (Å²) >= 11 is 6.33. The molecule has 0 saturated heterocycles. The van der Waals surface area contributed by atoms with Gasteiger partial charge in [-0.3, -0.25) is 9.52 Å². The van der Waals surface area contributed by atoms with Crippen molar-refractivity contribution >= 4 is 48.9 Å². The van der Waals surface area contributed by atoms with Crippen molar-refractivity contribution in [1.82, 2.24) is 4.31 Å². The number of sulfonamides is 2. The highest BCUT2D eigenvalue weighted by molar-refractivity contribution is 7.92. The summed E-state index contributed by atoms with van der Waals surface area (Å²) < 4.78 is 53.8. The molecule has 0 aromatic heterocycles. The molecule has 0 bridgehead atoms. The van der Waals surface area contributed by atoms with Crippen LogP contribution in [-0.2, 0) is 26.5 Å². The van der Waals surface area contributed by atoms with Crippen molar-refractivity contribution in [2.75, 3.05) is 30.3 Å². The van der Waals surface area contributed by atoms with Crippen molar-refractivity contribution < 1.29 is 21.6 Å². The minimum absolute atomic E-state index is 0.0818. The number of halogens is 1. The van der Waals surface area contributed by atoms with Crippen LogP contribution in [0.15, 0.2) is 70.5 Å². The van der Waals surface area contributed by atoms with Crippen molar-refractivity contribution in [2.24, 2.45) is 0 Å². The molecule has 184 valence electrons. The molecule has 0 saturated carbocycles. The Kier molecular flexibility index (Phi) is 6.67. The first-order valence-corrected chi connectivity index (χ1v) is 14.0. The molecule has 0 spiro atoms. The first-order chi connectivity index (χ1) is 16.4. The Balaban J connectivity index is 1.56. The van der Waals surface area contributed by atoms with Crippen LogP contribution in [0, 0.1) is 6.92 Å². The summed E-state index contributed by atoms with van der Waals surface area (Å²) in [5, 5.41) is 0.0818.